The van der Waals surface area contributed by atoms with E-state index >= 15 is 0 Å². The van der Waals surface area contributed by atoms with Gasteiger partial charge in [0.1, 0.15) is 15.8 Å². The second-order valence-corrected chi connectivity index (χ2v) is 11.4. The Hall–Kier alpha value is -2.19. The van der Waals surface area contributed by atoms with E-state index in [9.17, 15) is 9.59 Å². The van der Waals surface area contributed by atoms with E-state index in [0.29, 0.717) is 44.6 Å². The van der Waals surface area contributed by atoms with Gasteiger partial charge in [-0.2, -0.15) is 0 Å². The molecule has 2 fully saturated rings. The normalized spacial score (nSPS) is 22.4. The van der Waals surface area contributed by atoms with E-state index in [1.807, 2.05) is 18.2 Å². The fourth-order valence-electron chi connectivity index (χ4n) is 4.99. The Labute approximate surface area is 211 Å². The van der Waals surface area contributed by atoms with Gasteiger partial charge in [0, 0.05) is 25.8 Å². The van der Waals surface area contributed by atoms with Crippen molar-refractivity contribution in [3.05, 3.63) is 45.2 Å². The molecule has 2 saturated heterocycles. The highest BCUT2D eigenvalue weighted by molar-refractivity contribution is 8.26. The van der Waals surface area contributed by atoms with Crippen LogP contribution >= 0.6 is 24.0 Å². The van der Waals surface area contributed by atoms with Gasteiger partial charge in [0.05, 0.1) is 10.5 Å². The summed E-state index contributed by atoms with van der Waals surface area (Å²) in [5, 5.41) is 0. The minimum absolute atomic E-state index is 0.102. The third-order valence-electron chi connectivity index (χ3n) is 6.55. The number of piperidine rings is 1. The van der Waals surface area contributed by atoms with Crippen molar-refractivity contribution >= 4 is 51.7 Å². The van der Waals surface area contributed by atoms with Gasteiger partial charge < -0.3 is 4.90 Å². The highest BCUT2D eigenvalue weighted by atomic mass is 32.2. The van der Waals surface area contributed by atoms with E-state index < -0.39 is 0 Å². The number of nitrogens with zero attached hydrogens (tertiary/aromatic N) is 4. The molecule has 0 saturated carbocycles. The Morgan fingerprint density at radius 1 is 1.12 bits per heavy atom. The van der Waals surface area contributed by atoms with E-state index in [4.69, 9.17) is 17.2 Å². The molecule has 2 aromatic heterocycles. The molecule has 4 heterocycles. The van der Waals surface area contributed by atoms with Crippen molar-refractivity contribution in [1.82, 2.24) is 14.3 Å². The lowest BCUT2D eigenvalue weighted by molar-refractivity contribution is -0.122. The van der Waals surface area contributed by atoms with Crippen molar-refractivity contribution in [2.45, 2.75) is 59.3 Å². The van der Waals surface area contributed by atoms with E-state index in [0.717, 1.165) is 32.4 Å². The van der Waals surface area contributed by atoms with Crippen LogP contribution in [0.25, 0.3) is 11.7 Å². The lowest BCUT2D eigenvalue weighted by atomic mass is 9.91. The van der Waals surface area contributed by atoms with Gasteiger partial charge in [-0.25, -0.2) is 4.98 Å². The first-order chi connectivity index (χ1) is 16.4. The lowest BCUT2D eigenvalue weighted by Crippen LogP contribution is -2.40. The number of amides is 1. The molecule has 8 heteroatoms. The van der Waals surface area contributed by atoms with Crippen LogP contribution in [-0.2, 0) is 4.79 Å². The topological polar surface area (TPSA) is 57.9 Å². The maximum absolute atomic E-state index is 13.6. The molecule has 0 N–H and O–H groups in total. The second-order valence-electron chi connectivity index (χ2n) is 9.68. The van der Waals surface area contributed by atoms with Crippen LogP contribution in [0.15, 0.2) is 34.1 Å². The van der Waals surface area contributed by atoms with Gasteiger partial charge in [0.15, 0.2) is 0 Å². The molecular formula is C26H34N4O2S2. The highest BCUT2D eigenvalue weighted by Crippen LogP contribution is 2.34. The van der Waals surface area contributed by atoms with Gasteiger partial charge in [0.2, 0.25) is 0 Å². The molecule has 0 aliphatic carbocycles. The molecular weight excluding hydrogens is 464 g/mol. The van der Waals surface area contributed by atoms with E-state index in [1.54, 1.807) is 21.6 Å². The number of rotatable bonds is 8. The predicted molar refractivity (Wildman–Crippen MR) is 145 cm³/mol. The van der Waals surface area contributed by atoms with Crippen LogP contribution in [0.3, 0.4) is 0 Å². The summed E-state index contributed by atoms with van der Waals surface area (Å²) in [4.78, 5) is 36.1. The standard InChI is InChI=1S/C26H34N4O2S2/c1-4-5-6-7-9-13-30-25(32)21(34-26(30)33)15-20-23(28-16-18(2)14-19(3)17-28)27-22-11-8-10-12-29(22)24(20)31/h8,10-12,15,18-19H,4-7,9,13-14,16-17H2,1-3H3. The van der Waals surface area contributed by atoms with E-state index in [2.05, 4.69) is 25.7 Å². The minimum atomic E-state index is -0.156. The Balaban J connectivity index is 1.68. The number of hydrogen-bond acceptors (Lipinski definition) is 6. The zero-order chi connectivity index (χ0) is 24.2. The number of carbonyl (C=O) groups excluding carboxylic acids is 1. The minimum Gasteiger partial charge on any atom is -0.355 e. The number of hydrogen-bond donors (Lipinski definition) is 0. The average Bonchev–Trinajstić information content (AvgIpc) is 3.07. The number of carbonyl (C=O) groups is 1. The average molecular weight is 499 g/mol. The monoisotopic (exact) mass is 498 g/mol. The summed E-state index contributed by atoms with van der Waals surface area (Å²) < 4.78 is 2.13. The van der Waals surface area contributed by atoms with Crippen molar-refractivity contribution in [2.75, 3.05) is 24.5 Å². The van der Waals surface area contributed by atoms with Gasteiger partial charge >= 0.3 is 0 Å². The third kappa shape index (κ3) is 5.38. The summed E-state index contributed by atoms with van der Waals surface area (Å²) in [6.07, 6.45) is 10.2. The van der Waals surface area contributed by atoms with Gasteiger partial charge in [0.25, 0.3) is 11.5 Å². The van der Waals surface area contributed by atoms with Crippen LogP contribution in [-0.4, -0.2) is 44.1 Å². The van der Waals surface area contributed by atoms with Crippen molar-refractivity contribution in [1.29, 1.82) is 0 Å². The van der Waals surface area contributed by atoms with E-state index in [-0.39, 0.29) is 11.5 Å². The molecule has 0 spiro atoms. The zero-order valence-electron chi connectivity index (χ0n) is 20.3. The van der Waals surface area contributed by atoms with Crippen LogP contribution in [0, 0.1) is 11.8 Å². The Morgan fingerprint density at radius 3 is 2.59 bits per heavy atom. The quantitative estimate of drug-likeness (QED) is 0.278. The first kappa shape index (κ1) is 24.9. The maximum Gasteiger partial charge on any atom is 0.267 e. The number of unbranched alkanes of at least 4 members (excludes halogenated alkanes) is 4. The van der Waals surface area contributed by atoms with Crippen molar-refractivity contribution in [3.8, 4) is 0 Å². The Kier molecular flexibility index (Phi) is 8.09. The van der Waals surface area contributed by atoms with Gasteiger partial charge in [-0.3, -0.25) is 18.9 Å². The second kappa shape index (κ2) is 11.0. The van der Waals surface area contributed by atoms with Crippen molar-refractivity contribution in [3.63, 3.8) is 0 Å². The number of thioether (sulfide) groups is 1. The molecule has 2 aliphatic rings. The van der Waals surface area contributed by atoms with Gasteiger partial charge in [-0.15, -0.1) is 0 Å². The zero-order valence-corrected chi connectivity index (χ0v) is 22.0. The maximum atomic E-state index is 13.6. The Bertz CT molecular complexity index is 1150. The molecule has 0 bridgehead atoms. The summed E-state index contributed by atoms with van der Waals surface area (Å²) in [7, 11) is 0. The van der Waals surface area contributed by atoms with E-state index in [1.165, 1.54) is 31.0 Å². The largest absolute Gasteiger partial charge is 0.355 e. The Morgan fingerprint density at radius 2 is 1.85 bits per heavy atom. The predicted octanol–water partition coefficient (Wildman–Crippen LogP) is 5.35. The van der Waals surface area contributed by atoms with Gasteiger partial charge in [-0.05, 0) is 42.9 Å². The molecule has 4 rings (SSSR count). The van der Waals surface area contributed by atoms with Crippen LogP contribution in [0.1, 0.15) is 64.9 Å². The van der Waals surface area contributed by atoms with Gasteiger partial charge in [-0.1, -0.05) is 76.5 Å². The first-order valence-corrected chi connectivity index (χ1v) is 13.6. The summed E-state index contributed by atoms with van der Waals surface area (Å²) in [6, 6.07) is 5.56. The van der Waals surface area contributed by atoms with Crippen molar-refractivity contribution in [2.24, 2.45) is 11.8 Å². The van der Waals surface area contributed by atoms with Crippen LogP contribution in [0.2, 0.25) is 0 Å². The van der Waals surface area contributed by atoms with Crippen LogP contribution in [0.5, 0.6) is 0 Å². The number of fused-ring (bicyclic) bond motifs is 1. The molecule has 2 aliphatic heterocycles. The highest BCUT2D eigenvalue weighted by Gasteiger charge is 2.33. The molecule has 2 aromatic rings. The molecule has 2 atom stereocenters. The summed E-state index contributed by atoms with van der Waals surface area (Å²) in [5.74, 6) is 1.59. The van der Waals surface area contributed by atoms with Crippen molar-refractivity contribution < 1.29 is 4.79 Å². The smallest absolute Gasteiger partial charge is 0.267 e. The molecule has 1 amide bonds. The fourth-order valence-corrected chi connectivity index (χ4v) is 6.28. The lowest BCUT2D eigenvalue weighted by Gasteiger charge is -2.36. The number of aromatic nitrogens is 2. The fraction of sp³-hybridized carbons (Fsp3) is 0.538. The summed E-state index contributed by atoms with van der Waals surface area (Å²) in [6.45, 7) is 8.99. The number of anilines is 1. The number of thiocarbonyl (C=S) groups is 1. The SMILES string of the molecule is CCCCCCCN1C(=O)C(=Cc2c(N3CC(C)CC(C)C3)nc3ccccn3c2=O)SC1=S. The first-order valence-electron chi connectivity index (χ1n) is 12.4. The van der Waals surface area contributed by atoms with Crippen LogP contribution in [0.4, 0.5) is 5.82 Å². The molecule has 0 radical (unpaired) electrons. The summed E-state index contributed by atoms with van der Waals surface area (Å²) >= 11 is 6.82. The molecule has 2 unspecified atom stereocenters. The molecule has 182 valence electrons. The molecule has 0 aromatic carbocycles. The summed E-state index contributed by atoms with van der Waals surface area (Å²) in [5.41, 5.74) is 0.926. The molecule has 34 heavy (non-hydrogen) atoms. The van der Waals surface area contributed by atoms with Crippen LogP contribution < -0.4 is 10.5 Å². The third-order valence-corrected chi connectivity index (χ3v) is 7.93. The number of pyridine rings is 1. The molecule has 6 nitrogen and oxygen atoms in total.